The number of aryl methyl sites for hydroxylation is 1. The Balaban J connectivity index is 0.00000128. The highest BCUT2D eigenvalue weighted by Crippen LogP contribution is 2.12. The molecule has 1 aromatic rings. The average Bonchev–Trinajstić information content (AvgIpc) is 2.53. The predicted molar refractivity (Wildman–Crippen MR) is 62.9 cm³/mol. The van der Waals surface area contributed by atoms with Crippen molar-refractivity contribution < 1.29 is 9.63 Å². The largest absolute Gasteiger partial charge is 0.318 e. The molecule has 1 amide bonds. The molecule has 16 heavy (non-hydrogen) atoms. The first-order chi connectivity index (χ1) is 7.16. The summed E-state index contributed by atoms with van der Waals surface area (Å²) in [6, 6.07) is 7.48. The average molecular weight is 243 g/mol. The van der Waals surface area contributed by atoms with E-state index in [-0.39, 0.29) is 24.9 Å². The molecule has 88 valence electrons. The molecule has 0 radical (unpaired) electrons. The van der Waals surface area contributed by atoms with Gasteiger partial charge in [-0.25, -0.2) is 5.06 Å². The van der Waals surface area contributed by atoms with Gasteiger partial charge >= 0.3 is 0 Å². The Kier molecular flexibility index (Phi) is 4.29. The lowest BCUT2D eigenvalue weighted by Gasteiger charge is -2.13. The lowest BCUT2D eigenvalue weighted by atomic mass is 10.1. The highest BCUT2D eigenvalue weighted by atomic mass is 35.5. The van der Waals surface area contributed by atoms with Gasteiger partial charge in [-0.05, 0) is 12.5 Å². The molecule has 1 aromatic carbocycles. The van der Waals surface area contributed by atoms with E-state index in [1.165, 1.54) is 10.6 Å². The van der Waals surface area contributed by atoms with Crippen LogP contribution in [0.15, 0.2) is 24.3 Å². The van der Waals surface area contributed by atoms with Crippen molar-refractivity contribution in [3.05, 3.63) is 35.4 Å². The van der Waals surface area contributed by atoms with Crippen LogP contribution in [-0.4, -0.2) is 23.6 Å². The molecule has 1 aliphatic rings. The summed E-state index contributed by atoms with van der Waals surface area (Å²) >= 11 is 0. The van der Waals surface area contributed by atoms with E-state index in [9.17, 15) is 4.79 Å². The van der Waals surface area contributed by atoms with Crippen molar-refractivity contribution in [1.82, 2.24) is 5.06 Å². The molecule has 2 rings (SSSR count). The molecule has 4 nitrogen and oxygen atoms in total. The van der Waals surface area contributed by atoms with Crippen molar-refractivity contribution in [3.8, 4) is 0 Å². The van der Waals surface area contributed by atoms with Crippen LogP contribution >= 0.6 is 12.4 Å². The van der Waals surface area contributed by atoms with Crippen molar-refractivity contribution in [2.24, 2.45) is 5.73 Å². The number of amides is 1. The zero-order chi connectivity index (χ0) is 10.8. The molecule has 0 spiro atoms. The molecule has 0 bridgehead atoms. The van der Waals surface area contributed by atoms with Crippen molar-refractivity contribution >= 4 is 18.3 Å². The number of benzene rings is 1. The number of halogens is 1. The standard InChI is InChI=1S/C11H14N2O2.ClH/c1-8-2-4-9(5-3-8)6-13-11(14)10(12)7-15-13;/h2-5,10H,6-7,12H2,1H3;1H/t10-;/m1./s1. The highest BCUT2D eigenvalue weighted by molar-refractivity contribution is 5.85. The van der Waals surface area contributed by atoms with E-state index < -0.39 is 6.04 Å². The van der Waals surface area contributed by atoms with E-state index in [2.05, 4.69) is 0 Å². The zero-order valence-electron chi connectivity index (χ0n) is 9.05. The molecule has 0 aromatic heterocycles. The normalized spacial score (nSPS) is 19.8. The fraction of sp³-hybridized carbons (Fsp3) is 0.364. The Morgan fingerprint density at radius 3 is 2.56 bits per heavy atom. The number of hydroxylamine groups is 2. The van der Waals surface area contributed by atoms with Gasteiger partial charge in [0.1, 0.15) is 6.04 Å². The van der Waals surface area contributed by atoms with Crippen molar-refractivity contribution in [2.75, 3.05) is 6.61 Å². The summed E-state index contributed by atoms with van der Waals surface area (Å²) in [6.07, 6.45) is 0. The maximum absolute atomic E-state index is 11.5. The van der Waals surface area contributed by atoms with Gasteiger partial charge in [-0.1, -0.05) is 29.8 Å². The zero-order valence-corrected chi connectivity index (χ0v) is 9.87. The minimum absolute atomic E-state index is 0. The number of carbonyl (C=O) groups excluding carboxylic acids is 1. The molecule has 1 heterocycles. The van der Waals surface area contributed by atoms with Gasteiger partial charge in [0.2, 0.25) is 0 Å². The summed E-state index contributed by atoms with van der Waals surface area (Å²) in [6.45, 7) is 2.77. The number of rotatable bonds is 2. The fourth-order valence-corrected chi connectivity index (χ4v) is 1.47. The van der Waals surface area contributed by atoms with Crippen LogP contribution < -0.4 is 5.73 Å². The summed E-state index contributed by atoms with van der Waals surface area (Å²) < 4.78 is 0. The van der Waals surface area contributed by atoms with E-state index >= 15 is 0 Å². The van der Waals surface area contributed by atoms with Crippen molar-refractivity contribution in [2.45, 2.75) is 19.5 Å². The fourth-order valence-electron chi connectivity index (χ4n) is 1.47. The molecule has 1 saturated heterocycles. The first-order valence-corrected chi connectivity index (χ1v) is 4.92. The van der Waals surface area contributed by atoms with Gasteiger partial charge in [-0.3, -0.25) is 9.63 Å². The Bertz CT molecular complexity index is 367. The molecule has 1 aliphatic heterocycles. The first kappa shape index (κ1) is 13.0. The Labute approximate surface area is 101 Å². The molecule has 1 atom stereocenters. The lowest BCUT2D eigenvalue weighted by Crippen LogP contribution is -2.34. The number of nitrogens with two attached hydrogens (primary N) is 1. The number of carbonyl (C=O) groups is 1. The van der Waals surface area contributed by atoms with Crippen LogP contribution in [0.1, 0.15) is 11.1 Å². The summed E-state index contributed by atoms with van der Waals surface area (Å²) in [5.74, 6) is -0.143. The van der Waals surface area contributed by atoms with Crippen LogP contribution in [0.3, 0.4) is 0 Å². The first-order valence-electron chi connectivity index (χ1n) is 4.92. The Morgan fingerprint density at radius 1 is 1.44 bits per heavy atom. The molecule has 0 aliphatic carbocycles. The predicted octanol–water partition coefficient (Wildman–Crippen LogP) is 1.02. The molecular formula is C11H15ClN2O2. The van der Waals surface area contributed by atoms with Gasteiger partial charge in [0.25, 0.3) is 5.91 Å². The monoisotopic (exact) mass is 242 g/mol. The third kappa shape index (κ3) is 2.72. The van der Waals surface area contributed by atoms with Gasteiger partial charge < -0.3 is 5.73 Å². The highest BCUT2D eigenvalue weighted by Gasteiger charge is 2.29. The quantitative estimate of drug-likeness (QED) is 0.843. The molecule has 0 saturated carbocycles. The van der Waals surface area contributed by atoms with Crippen LogP contribution in [0, 0.1) is 6.92 Å². The Morgan fingerprint density at radius 2 is 2.06 bits per heavy atom. The third-order valence-electron chi connectivity index (χ3n) is 2.42. The summed E-state index contributed by atoms with van der Waals surface area (Å²) in [5.41, 5.74) is 7.77. The van der Waals surface area contributed by atoms with Crippen molar-refractivity contribution in [3.63, 3.8) is 0 Å². The van der Waals surface area contributed by atoms with Gasteiger partial charge in [0.05, 0.1) is 13.2 Å². The van der Waals surface area contributed by atoms with E-state index in [0.29, 0.717) is 6.54 Å². The third-order valence-corrected chi connectivity index (χ3v) is 2.42. The SMILES string of the molecule is Cc1ccc(CN2OC[C@@H](N)C2=O)cc1.Cl. The summed E-state index contributed by atoms with van der Waals surface area (Å²) in [4.78, 5) is 16.6. The van der Waals surface area contributed by atoms with E-state index in [1.807, 2.05) is 31.2 Å². The number of nitrogens with zero attached hydrogens (tertiary/aromatic N) is 1. The maximum atomic E-state index is 11.5. The van der Waals surface area contributed by atoms with Crippen LogP contribution in [0.25, 0.3) is 0 Å². The van der Waals surface area contributed by atoms with Gasteiger partial charge in [-0.15, -0.1) is 12.4 Å². The van der Waals surface area contributed by atoms with Crippen molar-refractivity contribution in [1.29, 1.82) is 0 Å². The van der Waals surface area contributed by atoms with E-state index in [4.69, 9.17) is 10.6 Å². The Hall–Kier alpha value is -1.10. The van der Waals surface area contributed by atoms with E-state index in [0.717, 1.165) is 5.56 Å². The summed E-state index contributed by atoms with van der Waals surface area (Å²) in [5, 5.41) is 1.33. The second kappa shape index (κ2) is 5.30. The minimum Gasteiger partial charge on any atom is -0.318 e. The molecule has 5 heteroatoms. The smallest absolute Gasteiger partial charge is 0.265 e. The number of hydrogen-bond donors (Lipinski definition) is 1. The van der Waals surface area contributed by atoms with Crippen LogP contribution in [0.2, 0.25) is 0 Å². The van der Waals surface area contributed by atoms with E-state index in [1.54, 1.807) is 0 Å². The second-order valence-corrected chi connectivity index (χ2v) is 3.76. The molecule has 1 fully saturated rings. The van der Waals surface area contributed by atoms with Gasteiger partial charge in [-0.2, -0.15) is 0 Å². The lowest BCUT2D eigenvalue weighted by molar-refractivity contribution is -0.164. The summed E-state index contributed by atoms with van der Waals surface area (Å²) in [7, 11) is 0. The van der Waals surface area contributed by atoms with Crippen LogP contribution in [0.5, 0.6) is 0 Å². The number of hydrogen-bond acceptors (Lipinski definition) is 3. The molecular weight excluding hydrogens is 228 g/mol. The second-order valence-electron chi connectivity index (χ2n) is 3.76. The van der Waals surface area contributed by atoms with Gasteiger partial charge in [0, 0.05) is 0 Å². The maximum Gasteiger partial charge on any atom is 0.265 e. The molecule has 0 unspecified atom stereocenters. The van der Waals surface area contributed by atoms with Crippen LogP contribution in [0.4, 0.5) is 0 Å². The van der Waals surface area contributed by atoms with Crippen LogP contribution in [-0.2, 0) is 16.2 Å². The molecule has 2 N–H and O–H groups in total. The minimum atomic E-state index is -0.504. The van der Waals surface area contributed by atoms with Gasteiger partial charge in [0.15, 0.2) is 0 Å². The topological polar surface area (TPSA) is 55.6 Å².